The van der Waals surface area contributed by atoms with Gasteiger partial charge in [0.15, 0.2) is 0 Å². The van der Waals surface area contributed by atoms with Crippen molar-refractivity contribution in [1.82, 2.24) is 10.2 Å². The van der Waals surface area contributed by atoms with Gasteiger partial charge in [-0.15, -0.1) is 0 Å². The highest BCUT2D eigenvalue weighted by atomic mass is 32.2. The van der Waals surface area contributed by atoms with Crippen LogP contribution in [0.1, 0.15) is 52.4 Å². The predicted molar refractivity (Wildman–Crippen MR) is 82.5 cm³/mol. The first kappa shape index (κ1) is 14.7. The predicted octanol–water partition coefficient (Wildman–Crippen LogP) is 3.13. The van der Waals surface area contributed by atoms with Crippen LogP contribution in [0.2, 0.25) is 0 Å². The Labute approximate surface area is 117 Å². The lowest BCUT2D eigenvalue weighted by atomic mass is 9.79. The Hall–Kier alpha value is 0.270. The van der Waals surface area contributed by atoms with Crippen LogP contribution >= 0.6 is 11.8 Å². The van der Waals surface area contributed by atoms with Crippen molar-refractivity contribution in [3.63, 3.8) is 0 Å². The first-order valence-electron chi connectivity index (χ1n) is 7.86. The van der Waals surface area contributed by atoms with Gasteiger partial charge in [0.1, 0.15) is 0 Å². The lowest BCUT2D eigenvalue weighted by Gasteiger charge is -2.49. The second-order valence-electron chi connectivity index (χ2n) is 5.95. The van der Waals surface area contributed by atoms with Crippen LogP contribution in [0.4, 0.5) is 0 Å². The second-order valence-corrected chi connectivity index (χ2v) is 7.35. The molecule has 3 heteroatoms. The van der Waals surface area contributed by atoms with Crippen LogP contribution in [0, 0.1) is 0 Å². The summed E-state index contributed by atoms with van der Waals surface area (Å²) in [6.45, 7) is 8.41. The zero-order valence-electron chi connectivity index (χ0n) is 12.2. The zero-order valence-corrected chi connectivity index (χ0v) is 13.0. The highest BCUT2D eigenvalue weighted by molar-refractivity contribution is 7.99. The molecule has 1 aliphatic heterocycles. The average molecular weight is 270 g/mol. The van der Waals surface area contributed by atoms with Gasteiger partial charge in [-0.25, -0.2) is 0 Å². The molecule has 0 aromatic rings. The van der Waals surface area contributed by atoms with E-state index in [1.54, 1.807) is 0 Å². The van der Waals surface area contributed by atoms with Crippen LogP contribution in [-0.4, -0.2) is 47.6 Å². The van der Waals surface area contributed by atoms with Gasteiger partial charge >= 0.3 is 0 Å². The summed E-state index contributed by atoms with van der Waals surface area (Å²) in [5.41, 5.74) is 0.473. The third kappa shape index (κ3) is 3.64. The van der Waals surface area contributed by atoms with E-state index in [-0.39, 0.29) is 0 Å². The molecule has 0 aromatic carbocycles. The standard InChI is InChI=1S/C15H30N2S/c1-3-14-12-16-15(8-6-5-7-9-15)13-17(14)10-11-18-4-2/h14,16H,3-13H2,1-2H3. The maximum absolute atomic E-state index is 3.91. The van der Waals surface area contributed by atoms with Crippen molar-refractivity contribution >= 4 is 11.8 Å². The van der Waals surface area contributed by atoms with E-state index in [2.05, 4.69) is 35.8 Å². The molecule has 1 atom stereocenters. The topological polar surface area (TPSA) is 15.3 Å². The first-order chi connectivity index (χ1) is 8.79. The van der Waals surface area contributed by atoms with Crippen molar-refractivity contribution in [2.45, 2.75) is 64.0 Å². The first-order valence-corrected chi connectivity index (χ1v) is 9.02. The molecule has 1 heterocycles. The number of piperazine rings is 1. The Kier molecular flexibility index (Phi) is 5.84. The molecule has 106 valence electrons. The number of hydrogen-bond donors (Lipinski definition) is 1. The largest absolute Gasteiger partial charge is 0.308 e. The van der Waals surface area contributed by atoms with Gasteiger partial charge in [0.2, 0.25) is 0 Å². The minimum Gasteiger partial charge on any atom is -0.308 e. The summed E-state index contributed by atoms with van der Waals surface area (Å²) < 4.78 is 0. The number of nitrogens with zero attached hydrogens (tertiary/aromatic N) is 1. The molecule has 0 amide bonds. The van der Waals surface area contributed by atoms with Crippen molar-refractivity contribution in [3.05, 3.63) is 0 Å². The van der Waals surface area contributed by atoms with Gasteiger partial charge in [0, 0.05) is 37.0 Å². The quantitative estimate of drug-likeness (QED) is 0.773. The van der Waals surface area contributed by atoms with Crippen molar-refractivity contribution in [3.8, 4) is 0 Å². The van der Waals surface area contributed by atoms with Gasteiger partial charge in [-0.1, -0.05) is 33.1 Å². The van der Waals surface area contributed by atoms with Gasteiger partial charge in [-0.05, 0) is 25.0 Å². The normalized spacial score (nSPS) is 28.7. The van der Waals surface area contributed by atoms with Crippen molar-refractivity contribution in [2.24, 2.45) is 0 Å². The molecule has 2 fully saturated rings. The van der Waals surface area contributed by atoms with Crippen molar-refractivity contribution < 1.29 is 0 Å². The van der Waals surface area contributed by atoms with Crippen molar-refractivity contribution in [2.75, 3.05) is 31.1 Å². The van der Waals surface area contributed by atoms with E-state index in [4.69, 9.17) is 0 Å². The fourth-order valence-electron chi connectivity index (χ4n) is 3.59. The van der Waals surface area contributed by atoms with Crippen LogP contribution in [0.3, 0.4) is 0 Å². The Morgan fingerprint density at radius 1 is 1.22 bits per heavy atom. The van der Waals surface area contributed by atoms with Gasteiger partial charge in [-0.3, -0.25) is 4.90 Å². The molecule has 0 bridgehead atoms. The lowest BCUT2D eigenvalue weighted by molar-refractivity contribution is 0.0590. The minimum atomic E-state index is 0.473. The van der Waals surface area contributed by atoms with Gasteiger partial charge in [0.25, 0.3) is 0 Å². The average Bonchev–Trinajstić information content (AvgIpc) is 2.40. The monoisotopic (exact) mass is 270 g/mol. The van der Waals surface area contributed by atoms with Crippen LogP contribution in [0.5, 0.6) is 0 Å². The highest BCUT2D eigenvalue weighted by Gasteiger charge is 2.38. The molecule has 0 radical (unpaired) electrons. The van der Waals surface area contributed by atoms with Crippen LogP contribution in [-0.2, 0) is 0 Å². The molecule has 2 rings (SSSR count). The van der Waals surface area contributed by atoms with E-state index in [0.29, 0.717) is 5.54 Å². The van der Waals surface area contributed by atoms with E-state index in [9.17, 15) is 0 Å². The molecule has 2 nitrogen and oxygen atoms in total. The highest BCUT2D eigenvalue weighted by Crippen LogP contribution is 2.32. The molecular weight excluding hydrogens is 240 g/mol. The molecular formula is C15H30N2S. The fraction of sp³-hybridized carbons (Fsp3) is 1.00. The molecule has 1 N–H and O–H groups in total. The Morgan fingerprint density at radius 2 is 2.00 bits per heavy atom. The van der Waals surface area contributed by atoms with E-state index < -0.39 is 0 Å². The molecule has 0 aromatic heterocycles. The molecule has 18 heavy (non-hydrogen) atoms. The third-order valence-corrected chi connectivity index (χ3v) is 5.62. The zero-order chi connectivity index (χ0) is 12.8. The summed E-state index contributed by atoms with van der Waals surface area (Å²) in [5, 5.41) is 3.91. The smallest absolute Gasteiger partial charge is 0.0309 e. The Bertz CT molecular complexity index is 239. The van der Waals surface area contributed by atoms with Crippen molar-refractivity contribution in [1.29, 1.82) is 0 Å². The second kappa shape index (κ2) is 7.16. The van der Waals surface area contributed by atoms with Crippen LogP contribution < -0.4 is 5.32 Å². The number of thioether (sulfide) groups is 1. The Balaban J connectivity index is 1.90. The van der Waals surface area contributed by atoms with Crippen LogP contribution in [0.25, 0.3) is 0 Å². The van der Waals surface area contributed by atoms with Gasteiger partial charge in [-0.2, -0.15) is 11.8 Å². The molecule has 1 spiro atoms. The number of nitrogens with one attached hydrogen (secondary N) is 1. The minimum absolute atomic E-state index is 0.473. The summed E-state index contributed by atoms with van der Waals surface area (Å²) in [6, 6.07) is 0.773. The lowest BCUT2D eigenvalue weighted by Crippen LogP contribution is -2.64. The van der Waals surface area contributed by atoms with Gasteiger partial charge in [0.05, 0.1) is 0 Å². The molecule has 2 aliphatic rings. The molecule has 1 unspecified atom stereocenters. The van der Waals surface area contributed by atoms with E-state index in [1.165, 1.54) is 69.7 Å². The van der Waals surface area contributed by atoms with Gasteiger partial charge < -0.3 is 5.32 Å². The summed E-state index contributed by atoms with van der Waals surface area (Å²) in [6.07, 6.45) is 8.41. The molecule has 1 saturated carbocycles. The maximum atomic E-state index is 3.91. The molecule has 1 aliphatic carbocycles. The van der Waals surface area contributed by atoms with E-state index in [0.717, 1.165) is 6.04 Å². The fourth-order valence-corrected chi connectivity index (χ4v) is 4.24. The summed E-state index contributed by atoms with van der Waals surface area (Å²) in [7, 11) is 0. The maximum Gasteiger partial charge on any atom is 0.0309 e. The third-order valence-electron chi connectivity index (χ3n) is 4.74. The number of rotatable bonds is 5. The van der Waals surface area contributed by atoms with E-state index in [1.807, 2.05) is 0 Å². The summed E-state index contributed by atoms with van der Waals surface area (Å²) in [5.74, 6) is 2.57. The summed E-state index contributed by atoms with van der Waals surface area (Å²) >= 11 is 2.09. The molecule has 1 saturated heterocycles. The van der Waals surface area contributed by atoms with E-state index >= 15 is 0 Å². The SMILES string of the molecule is CCSCCN1CC2(CCCCC2)NCC1CC. The number of hydrogen-bond acceptors (Lipinski definition) is 3. The Morgan fingerprint density at radius 3 is 2.67 bits per heavy atom. The summed E-state index contributed by atoms with van der Waals surface area (Å²) in [4.78, 5) is 2.78. The van der Waals surface area contributed by atoms with Crippen LogP contribution in [0.15, 0.2) is 0 Å².